The molecule has 0 bridgehead atoms. The van der Waals surface area contributed by atoms with E-state index in [2.05, 4.69) is 0 Å². The van der Waals surface area contributed by atoms with Crippen LogP contribution in [0, 0.1) is 24.6 Å². The fourth-order valence-electron chi connectivity index (χ4n) is 3.76. The molecule has 7 heteroatoms. The lowest BCUT2D eigenvalue weighted by molar-refractivity contribution is -0.152. The Hall–Kier alpha value is -2.44. The first kappa shape index (κ1) is 19.3. The number of carbonyl (C=O) groups is 3. The highest BCUT2D eigenvalue weighted by Crippen LogP contribution is 2.29. The van der Waals surface area contributed by atoms with Gasteiger partial charge in [-0.3, -0.25) is 14.4 Å². The van der Waals surface area contributed by atoms with Gasteiger partial charge in [0.2, 0.25) is 11.8 Å². The third-order valence-corrected chi connectivity index (χ3v) is 5.29. The smallest absolute Gasteiger partial charge is 0.310 e. The number of hydrogen-bond acceptors (Lipinski definition) is 4. The van der Waals surface area contributed by atoms with Crippen LogP contribution in [0.3, 0.4) is 0 Å². The Balaban J connectivity index is 1.66. The van der Waals surface area contributed by atoms with E-state index in [-0.39, 0.29) is 42.5 Å². The van der Waals surface area contributed by atoms with Gasteiger partial charge in [-0.2, -0.15) is 0 Å². The highest BCUT2D eigenvalue weighted by Gasteiger charge is 2.39. The summed E-state index contributed by atoms with van der Waals surface area (Å²) in [4.78, 5) is 40.4. The summed E-state index contributed by atoms with van der Waals surface area (Å²) in [6, 6.07) is 4.65. The van der Waals surface area contributed by atoms with Crippen molar-refractivity contribution in [1.82, 2.24) is 4.90 Å². The molecule has 0 aliphatic carbocycles. The van der Waals surface area contributed by atoms with Crippen LogP contribution in [0.1, 0.15) is 31.7 Å². The van der Waals surface area contributed by atoms with Crippen molar-refractivity contribution in [3.63, 3.8) is 0 Å². The van der Waals surface area contributed by atoms with Gasteiger partial charge in [0.1, 0.15) is 5.82 Å². The van der Waals surface area contributed by atoms with E-state index < -0.39 is 5.92 Å². The lowest BCUT2D eigenvalue weighted by Crippen LogP contribution is -2.45. The second kappa shape index (κ2) is 8.06. The maximum Gasteiger partial charge on any atom is 0.310 e. The number of rotatable bonds is 4. The Morgan fingerprint density at radius 1 is 1.26 bits per heavy atom. The van der Waals surface area contributed by atoms with Crippen LogP contribution >= 0.6 is 0 Å². The fraction of sp³-hybridized carbons (Fsp3) is 0.550. The average molecular weight is 376 g/mol. The molecule has 0 aromatic heterocycles. The van der Waals surface area contributed by atoms with Crippen LogP contribution in [-0.4, -0.2) is 48.9 Å². The summed E-state index contributed by atoms with van der Waals surface area (Å²) in [6.45, 7) is 4.90. The molecule has 6 nitrogen and oxygen atoms in total. The van der Waals surface area contributed by atoms with Crippen molar-refractivity contribution in [3.8, 4) is 0 Å². The number of nitrogens with zero attached hydrogens (tertiary/aromatic N) is 2. The molecule has 0 N–H and O–H groups in total. The molecule has 2 fully saturated rings. The fourth-order valence-corrected chi connectivity index (χ4v) is 3.76. The molecule has 0 saturated carbocycles. The summed E-state index contributed by atoms with van der Waals surface area (Å²) in [5.74, 6) is -1.72. The first-order valence-corrected chi connectivity index (χ1v) is 9.42. The van der Waals surface area contributed by atoms with Gasteiger partial charge in [0.15, 0.2) is 0 Å². The van der Waals surface area contributed by atoms with Crippen molar-refractivity contribution in [2.24, 2.45) is 11.8 Å². The maximum atomic E-state index is 13.8. The van der Waals surface area contributed by atoms with Crippen LogP contribution in [0.5, 0.6) is 0 Å². The van der Waals surface area contributed by atoms with E-state index in [1.54, 1.807) is 30.9 Å². The SMILES string of the molecule is CCOC(=O)[C@@H]1CCCN(C(=O)[C@@H]2CC(=O)N(c3ccc(C)c(F)c3)C2)C1. The first-order valence-electron chi connectivity index (χ1n) is 9.42. The molecule has 0 spiro atoms. The van der Waals surface area contributed by atoms with Crippen LogP contribution in [-0.2, 0) is 19.1 Å². The highest BCUT2D eigenvalue weighted by atomic mass is 19.1. The summed E-state index contributed by atoms with van der Waals surface area (Å²) < 4.78 is 18.9. The van der Waals surface area contributed by atoms with Gasteiger partial charge in [-0.05, 0) is 44.4 Å². The Kier molecular flexibility index (Phi) is 5.77. The zero-order valence-electron chi connectivity index (χ0n) is 15.7. The van der Waals surface area contributed by atoms with Gasteiger partial charge in [-0.15, -0.1) is 0 Å². The molecule has 27 heavy (non-hydrogen) atoms. The van der Waals surface area contributed by atoms with Crippen molar-refractivity contribution >= 4 is 23.5 Å². The summed E-state index contributed by atoms with van der Waals surface area (Å²) in [5.41, 5.74) is 0.984. The van der Waals surface area contributed by atoms with Crippen LogP contribution in [0.15, 0.2) is 18.2 Å². The molecule has 146 valence electrons. The van der Waals surface area contributed by atoms with E-state index in [0.717, 1.165) is 6.42 Å². The minimum absolute atomic E-state index is 0.106. The van der Waals surface area contributed by atoms with E-state index in [1.807, 2.05) is 0 Å². The number of benzene rings is 1. The quantitative estimate of drug-likeness (QED) is 0.757. The van der Waals surface area contributed by atoms with E-state index in [4.69, 9.17) is 4.74 Å². The van der Waals surface area contributed by atoms with Gasteiger partial charge in [0, 0.05) is 31.7 Å². The molecule has 2 aliphatic heterocycles. The second-order valence-electron chi connectivity index (χ2n) is 7.21. The molecular formula is C20H25FN2O4. The van der Waals surface area contributed by atoms with E-state index in [9.17, 15) is 18.8 Å². The minimum Gasteiger partial charge on any atom is -0.466 e. The summed E-state index contributed by atoms with van der Waals surface area (Å²) in [5, 5.41) is 0. The number of piperidine rings is 1. The molecule has 1 aromatic carbocycles. The third kappa shape index (κ3) is 4.12. The van der Waals surface area contributed by atoms with Crippen molar-refractivity contribution in [1.29, 1.82) is 0 Å². The topological polar surface area (TPSA) is 66.9 Å². The lowest BCUT2D eigenvalue weighted by Gasteiger charge is -2.33. The molecule has 1 aromatic rings. The predicted octanol–water partition coefficient (Wildman–Crippen LogP) is 2.29. The van der Waals surface area contributed by atoms with Crippen molar-refractivity contribution in [3.05, 3.63) is 29.6 Å². The number of ether oxygens (including phenoxy) is 1. The number of amides is 2. The molecule has 3 rings (SSSR count). The standard InChI is InChI=1S/C20H25FN2O4/c1-3-27-20(26)14-5-4-8-22(11-14)19(25)15-9-18(24)23(12-15)16-7-6-13(2)17(21)10-16/h6-7,10,14-15H,3-5,8-9,11-12H2,1-2H3/t14-,15-/m1/s1. The average Bonchev–Trinajstić information content (AvgIpc) is 3.05. The van der Waals surface area contributed by atoms with Crippen molar-refractivity contribution < 1.29 is 23.5 Å². The van der Waals surface area contributed by atoms with E-state index in [0.29, 0.717) is 37.4 Å². The zero-order chi connectivity index (χ0) is 19.6. The third-order valence-electron chi connectivity index (χ3n) is 5.29. The minimum atomic E-state index is -0.470. The number of aryl methyl sites for hydroxylation is 1. The number of anilines is 1. The summed E-state index contributed by atoms with van der Waals surface area (Å²) >= 11 is 0. The normalized spacial score (nSPS) is 22.9. The zero-order valence-corrected chi connectivity index (χ0v) is 15.7. The molecule has 2 heterocycles. The van der Waals surface area contributed by atoms with Crippen LogP contribution in [0.4, 0.5) is 10.1 Å². The highest BCUT2D eigenvalue weighted by molar-refractivity contribution is 6.00. The Bertz CT molecular complexity index is 751. The number of halogens is 1. The van der Waals surface area contributed by atoms with Crippen molar-refractivity contribution in [2.75, 3.05) is 31.1 Å². The number of carbonyl (C=O) groups excluding carboxylic acids is 3. The monoisotopic (exact) mass is 376 g/mol. The van der Waals surface area contributed by atoms with Gasteiger partial charge in [0.05, 0.1) is 18.4 Å². The predicted molar refractivity (Wildman–Crippen MR) is 97.5 cm³/mol. The van der Waals surface area contributed by atoms with Gasteiger partial charge in [-0.25, -0.2) is 4.39 Å². The largest absolute Gasteiger partial charge is 0.466 e. The van der Waals surface area contributed by atoms with Crippen LogP contribution < -0.4 is 4.90 Å². The van der Waals surface area contributed by atoms with Crippen LogP contribution in [0.25, 0.3) is 0 Å². The molecule has 2 atom stereocenters. The molecular weight excluding hydrogens is 351 g/mol. The van der Waals surface area contributed by atoms with E-state index >= 15 is 0 Å². The summed E-state index contributed by atoms with van der Waals surface area (Å²) in [6.07, 6.45) is 1.55. The Morgan fingerprint density at radius 3 is 2.74 bits per heavy atom. The summed E-state index contributed by atoms with van der Waals surface area (Å²) in [7, 11) is 0. The van der Waals surface area contributed by atoms with Crippen molar-refractivity contribution in [2.45, 2.75) is 33.1 Å². The molecule has 2 amide bonds. The number of likely N-dealkylation sites (tertiary alicyclic amines) is 1. The van der Waals surface area contributed by atoms with Gasteiger partial charge >= 0.3 is 5.97 Å². The molecule has 2 aliphatic rings. The molecule has 0 radical (unpaired) electrons. The second-order valence-corrected chi connectivity index (χ2v) is 7.21. The maximum absolute atomic E-state index is 13.8. The van der Waals surface area contributed by atoms with E-state index in [1.165, 1.54) is 11.0 Å². The lowest BCUT2D eigenvalue weighted by atomic mass is 9.96. The van der Waals surface area contributed by atoms with Gasteiger partial charge in [-0.1, -0.05) is 6.07 Å². The molecule has 0 unspecified atom stereocenters. The van der Waals surface area contributed by atoms with Crippen LogP contribution in [0.2, 0.25) is 0 Å². The molecule has 2 saturated heterocycles. The number of hydrogen-bond donors (Lipinski definition) is 0. The van der Waals surface area contributed by atoms with Gasteiger partial charge in [0.25, 0.3) is 0 Å². The number of esters is 1. The first-order chi connectivity index (χ1) is 12.9. The Morgan fingerprint density at radius 2 is 2.04 bits per heavy atom. The Labute approximate surface area is 158 Å². The van der Waals surface area contributed by atoms with Gasteiger partial charge < -0.3 is 14.5 Å².